The molecule has 4 nitrogen and oxygen atoms in total. The van der Waals surface area contributed by atoms with Crippen LogP contribution in [0.3, 0.4) is 0 Å². The number of hydrogen-bond donors (Lipinski definition) is 1. The van der Waals surface area contributed by atoms with Crippen LogP contribution in [0, 0.1) is 0 Å². The number of likely N-dealkylation sites (N-methyl/N-ethyl adjacent to an activating group) is 1. The van der Waals surface area contributed by atoms with E-state index < -0.39 is 5.91 Å². The van der Waals surface area contributed by atoms with E-state index in [1.165, 1.54) is 0 Å². The second kappa shape index (κ2) is 5.76. The fourth-order valence-corrected chi connectivity index (χ4v) is 2.79. The van der Waals surface area contributed by atoms with Crippen molar-refractivity contribution >= 4 is 29.1 Å². The fourth-order valence-electron chi connectivity index (χ4n) is 1.83. The molecule has 1 aliphatic rings. The molecule has 1 rings (SSSR count). The van der Waals surface area contributed by atoms with Crippen LogP contribution in [0.2, 0.25) is 0 Å². The first-order valence-electron chi connectivity index (χ1n) is 5.48. The molecule has 1 aliphatic heterocycles. The summed E-state index contributed by atoms with van der Waals surface area (Å²) >= 11 is 12.6. The van der Waals surface area contributed by atoms with Gasteiger partial charge in [0, 0.05) is 0 Å². The molecule has 0 radical (unpaired) electrons. The Morgan fingerprint density at radius 2 is 2.12 bits per heavy atom. The van der Waals surface area contributed by atoms with E-state index in [1.54, 1.807) is 6.08 Å². The molecular formula is C11H17Cl2N2O2+. The molecule has 2 N–H and O–H groups in total. The number of alkyl halides is 1. The zero-order valence-corrected chi connectivity index (χ0v) is 11.5. The largest absolute Gasteiger partial charge is 0.477 e. The quantitative estimate of drug-likeness (QED) is 0.475. The molecule has 0 bridgehead atoms. The normalized spacial score (nSPS) is 22.7. The van der Waals surface area contributed by atoms with Gasteiger partial charge in [-0.05, 0) is 37.6 Å². The topological polar surface area (TPSA) is 52.3 Å². The van der Waals surface area contributed by atoms with E-state index in [4.69, 9.17) is 33.7 Å². The maximum Gasteiger partial charge on any atom is 0.255 e. The van der Waals surface area contributed by atoms with E-state index in [0.717, 1.165) is 13.1 Å². The van der Waals surface area contributed by atoms with Gasteiger partial charge in [-0.25, -0.2) is 0 Å². The molecular weight excluding hydrogens is 263 g/mol. The number of primary amides is 1. The van der Waals surface area contributed by atoms with Gasteiger partial charge in [-0.2, -0.15) is 0 Å². The summed E-state index contributed by atoms with van der Waals surface area (Å²) < 4.78 is 5.69. The van der Waals surface area contributed by atoms with Gasteiger partial charge < -0.3 is 10.5 Å². The molecule has 0 aromatic carbocycles. The number of amides is 1. The van der Waals surface area contributed by atoms with Crippen molar-refractivity contribution in [1.82, 2.24) is 0 Å². The van der Waals surface area contributed by atoms with Gasteiger partial charge in [0.05, 0.1) is 13.1 Å². The number of carbonyl (C=O) groups is 1. The van der Waals surface area contributed by atoms with Gasteiger partial charge in [-0.15, -0.1) is 0 Å². The van der Waals surface area contributed by atoms with E-state index in [1.807, 2.05) is 19.9 Å². The maximum absolute atomic E-state index is 10.7. The molecule has 0 aliphatic carbocycles. The Morgan fingerprint density at radius 1 is 1.53 bits per heavy atom. The molecule has 17 heavy (non-hydrogen) atoms. The lowest BCUT2D eigenvalue weighted by molar-refractivity contribution is -0.889. The third-order valence-corrected chi connectivity index (χ3v) is 4.01. The van der Waals surface area contributed by atoms with Crippen molar-refractivity contribution in [2.24, 2.45) is 5.73 Å². The van der Waals surface area contributed by atoms with Crippen LogP contribution in [0.25, 0.3) is 0 Å². The lowest BCUT2D eigenvalue weighted by atomic mass is 10.2. The standard InChI is InChI=1S/C11H16Cl2N2O2/c1-3-15(4-2)9(12)6-5-8(11(15)13)17-7-10(14)16/h5-6,9H,3-4,7H2,1-2H3,(H-,14,16)/p+1. The molecule has 96 valence electrons. The molecule has 1 atom stereocenters. The Kier molecular flexibility index (Phi) is 4.86. The molecule has 1 heterocycles. The summed E-state index contributed by atoms with van der Waals surface area (Å²) in [5.74, 6) is -0.0690. The van der Waals surface area contributed by atoms with Crippen molar-refractivity contribution in [3.63, 3.8) is 0 Å². The van der Waals surface area contributed by atoms with Gasteiger partial charge in [-0.3, -0.25) is 9.28 Å². The lowest BCUT2D eigenvalue weighted by Crippen LogP contribution is -2.51. The summed E-state index contributed by atoms with van der Waals surface area (Å²) in [6.07, 6.45) is 3.50. The Balaban J connectivity index is 3.00. The SMILES string of the molecule is CC[N+]1(CC)C(Cl)=C(OCC(N)=O)C=CC1Cl. The summed E-state index contributed by atoms with van der Waals surface area (Å²) in [6.45, 7) is 5.32. The van der Waals surface area contributed by atoms with Crippen molar-refractivity contribution in [2.75, 3.05) is 19.7 Å². The Labute approximate surface area is 111 Å². The van der Waals surface area contributed by atoms with Crippen LogP contribution in [-0.2, 0) is 9.53 Å². The first-order valence-corrected chi connectivity index (χ1v) is 6.29. The smallest absolute Gasteiger partial charge is 0.255 e. The van der Waals surface area contributed by atoms with E-state index in [-0.39, 0.29) is 12.1 Å². The van der Waals surface area contributed by atoms with E-state index in [0.29, 0.717) is 15.4 Å². The number of allylic oxidation sites excluding steroid dienone is 1. The molecule has 1 amide bonds. The number of nitrogens with two attached hydrogens (primary N) is 1. The Hall–Kier alpha value is -0.710. The highest BCUT2D eigenvalue weighted by atomic mass is 35.5. The van der Waals surface area contributed by atoms with Crippen LogP contribution < -0.4 is 5.73 Å². The molecule has 0 spiro atoms. The number of halogens is 2. The third-order valence-electron chi connectivity index (χ3n) is 2.97. The average Bonchev–Trinajstić information content (AvgIpc) is 2.30. The third kappa shape index (κ3) is 2.76. The highest BCUT2D eigenvalue weighted by Crippen LogP contribution is 2.35. The Morgan fingerprint density at radius 3 is 2.59 bits per heavy atom. The second-order valence-corrected chi connectivity index (χ2v) is 4.61. The van der Waals surface area contributed by atoms with Crippen molar-refractivity contribution in [2.45, 2.75) is 19.3 Å². The summed E-state index contributed by atoms with van der Waals surface area (Å²) in [5.41, 5.74) is 4.81. The lowest BCUT2D eigenvalue weighted by Gasteiger charge is -2.40. The van der Waals surface area contributed by atoms with Crippen molar-refractivity contribution in [3.8, 4) is 0 Å². The predicted octanol–water partition coefficient (Wildman–Crippen LogP) is 1.89. The summed E-state index contributed by atoms with van der Waals surface area (Å²) in [5, 5.41) is 0.513. The van der Waals surface area contributed by atoms with Crippen LogP contribution in [0.15, 0.2) is 23.1 Å². The zero-order chi connectivity index (χ0) is 13.1. The summed E-state index contributed by atoms with van der Waals surface area (Å²) in [6, 6.07) is 0. The van der Waals surface area contributed by atoms with Gasteiger partial charge in [0.15, 0.2) is 17.9 Å². The number of quaternary nitrogens is 1. The minimum atomic E-state index is -0.533. The van der Waals surface area contributed by atoms with Crippen LogP contribution >= 0.6 is 23.2 Å². The number of carbonyl (C=O) groups excluding carboxylic acids is 1. The molecule has 0 fully saturated rings. The van der Waals surface area contributed by atoms with Gasteiger partial charge in [0.1, 0.15) is 0 Å². The number of hydrogen-bond acceptors (Lipinski definition) is 2. The Bertz CT molecular complexity index is 362. The average molecular weight is 280 g/mol. The van der Waals surface area contributed by atoms with Crippen molar-refractivity contribution in [1.29, 1.82) is 0 Å². The molecule has 0 aromatic rings. The first-order chi connectivity index (χ1) is 7.97. The van der Waals surface area contributed by atoms with Gasteiger partial charge in [0.2, 0.25) is 5.16 Å². The highest BCUT2D eigenvalue weighted by Gasteiger charge is 2.40. The van der Waals surface area contributed by atoms with Crippen LogP contribution in [0.4, 0.5) is 0 Å². The molecule has 6 heteroatoms. The molecule has 0 aromatic heterocycles. The van der Waals surface area contributed by atoms with Gasteiger partial charge >= 0.3 is 0 Å². The fraction of sp³-hybridized carbons (Fsp3) is 0.545. The van der Waals surface area contributed by atoms with Gasteiger partial charge in [0.25, 0.3) is 5.91 Å². The summed E-state index contributed by atoms with van der Waals surface area (Å²) in [7, 11) is 0. The second-order valence-electron chi connectivity index (χ2n) is 3.81. The molecule has 1 unspecified atom stereocenters. The molecule has 0 saturated carbocycles. The number of rotatable bonds is 5. The number of ether oxygens (including phenoxy) is 1. The van der Waals surface area contributed by atoms with Crippen LogP contribution in [0.5, 0.6) is 0 Å². The van der Waals surface area contributed by atoms with E-state index in [9.17, 15) is 4.79 Å². The van der Waals surface area contributed by atoms with Crippen molar-refractivity contribution in [3.05, 3.63) is 23.1 Å². The monoisotopic (exact) mass is 279 g/mol. The predicted molar refractivity (Wildman–Crippen MR) is 68.1 cm³/mol. The van der Waals surface area contributed by atoms with Gasteiger partial charge in [-0.1, -0.05) is 11.6 Å². The molecule has 0 saturated heterocycles. The van der Waals surface area contributed by atoms with Crippen LogP contribution in [0.1, 0.15) is 13.8 Å². The van der Waals surface area contributed by atoms with E-state index >= 15 is 0 Å². The zero-order valence-electron chi connectivity index (χ0n) is 9.95. The minimum Gasteiger partial charge on any atom is -0.477 e. The highest BCUT2D eigenvalue weighted by molar-refractivity contribution is 6.29. The number of nitrogens with zero attached hydrogens (tertiary/aromatic N) is 1. The maximum atomic E-state index is 10.7. The van der Waals surface area contributed by atoms with E-state index in [2.05, 4.69) is 0 Å². The first kappa shape index (κ1) is 14.4. The summed E-state index contributed by atoms with van der Waals surface area (Å²) in [4.78, 5) is 10.7. The van der Waals surface area contributed by atoms with Crippen LogP contribution in [-0.4, -0.2) is 35.6 Å². The minimum absolute atomic E-state index is 0.184. The van der Waals surface area contributed by atoms with Crippen molar-refractivity contribution < 1.29 is 14.0 Å².